The third-order valence-corrected chi connectivity index (χ3v) is 2.82. The molecule has 0 heterocycles. The number of aliphatic carboxylic acids is 1. The Morgan fingerprint density at radius 3 is 2.85 bits per heavy atom. The quantitative estimate of drug-likeness (QED) is 0.830. The lowest BCUT2D eigenvalue weighted by atomic mass is 10.2. The molecule has 2 nitrogen and oxygen atoms in total. The van der Waals surface area contributed by atoms with Crippen LogP contribution in [0, 0.1) is 0 Å². The molecule has 1 aromatic rings. The molecule has 0 saturated carbocycles. The monoisotopic (exact) mass is 260 g/mol. The molecule has 0 atom stereocenters. The number of carboxylic acid groups (broad SMARTS) is 1. The summed E-state index contributed by atoms with van der Waals surface area (Å²) in [5.41, 5.74) is 0.745. The van der Waals surface area contributed by atoms with E-state index in [9.17, 15) is 4.79 Å². The van der Waals surface area contributed by atoms with E-state index in [4.69, 9.17) is 16.7 Å². The van der Waals surface area contributed by atoms with Gasteiger partial charge in [-0.2, -0.15) is 0 Å². The van der Waals surface area contributed by atoms with Crippen LogP contribution < -0.4 is 0 Å². The largest absolute Gasteiger partial charge is 0.478 e. The first-order valence-corrected chi connectivity index (χ1v) is 4.63. The van der Waals surface area contributed by atoms with Gasteiger partial charge in [0.1, 0.15) is 0 Å². The van der Waals surface area contributed by atoms with Gasteiger partial charge in [-0.15, -0.1) is 0 Å². The second-order valence-corrected chi connectivity index (χ2v) is 3.51. The number of halogens is 2. The van der Waals surface area contributed by atoms with Crippen molar-refractivity contribution >= 4 is 39.6 Å². The highest BCUT2D eigenvalue weighted by Gasteiger charge is 2.00. The molecule has 1 aromatic carbocycles. The first-order chi connectivity index (χ1) is 6.11. The maximum absolute atomic E-state index is 10.2. The smallest absolute Gasteiger partial charge is 0.328 e. The van der Waals surface area contributed by atoms with E-state index in [0.717, 1.165) is 11.6 Å². The van der Waals surface area contributed by atoms with Crippen LogP contribution in [0.4, 0.5) is 0 Å². The lowest BCUT2D eigenvalue weighted by Gasteiger charge is -1.99. The molecule has 0 unspecified atom stereocenters. The second-order valence-electron chi connectivity index (χ2n) is 2.31. The Hall–Kier alpha value is -0.800. The Morgan fingerprint density at radius 2 is 2.23 bits per heavy atom. The molecule has 0 fully saturated rings. The zero-order valence-corrected chi connectivity index (χ0v) is 8.84. The van der Waals surface area contributed by atoms with Gasteiger partial charge in [0.2, 0.25) is 0 Å². The van der Waals surface area contributed by atoms with Crippen LogP contribution in [0.15, 0.2) is 28.7 Å². The van der Waals surface area contributed by atoms with Crippen LogP contribution in [0.3, 0.4) is 0 Å². The fraction of sp³-hybridized carbons (Fsp3) is 0. The van der Waals surface area contributed by atoms with Crippen molar-refractivity contribution in [2.45, 2.75) is 0 Å². The fourth-order valence-electron chi connectivity index (χ4n) is 0.810. The summed E-state index contributed by atoms with van der Waals surface area (Å²) in [6, 6.07) is 5.26. The Bertz CT molecular complexity index is 361. The molecular formula is C9H6BrClO2. The minimum atomic E-state index is -0.980. The van der Waals surface area contributed by atoms with Crippen molar-refractivity contribution in [3.8, 4) is 0 Å². The molecule has 0 bridgehead atoms. The molecule has 0 spiro atoms. The van der Waals surface area contributed by atoms with Crippen LogP contribution in [-0.4, -0.2) is 11.1 Å². The molecule has 1 N–H and O–H groups in total. The molecule has 0 aliphatic carbocycles. The van der Waals surface area contributed by atoms with E-state index < -0.39 is 5.97 Å². The molecule has 4 heteroatoms. The number of benzene rings is 1. The van der Waals surface area contributed by atoms with Crippen molar-refractivity contribution in [3.63, 3.8) is 0 Å². The molecule has 68 valence electrons. The van der Waals surface area contributed by atoms with Gasteiger partial charge in [0.25, 0.3) is 0 Å². The van der Waals surface area contributed by atoms with Gasteiger partial charge in [-0.1, -0.05) is 23.7 Å². The third-order valence-electron chi connectivity index (χ3n) is 1.39. The summed E-state index contributed by atoms with van der Waals surface area (Å²) in [6.07, 6.45) is 2.55. The number of carboxylic acids is 1. The molecule has 1 rings (SSSR count). The van der Waals surface area contributed by atoms with Gasteiger partial charge in [0.15, 0.2) is 0 Å². The van der Waals surface area contributed by atoms with Crippen molar-refractivity contribution < 1.29 is 9.90 Å². The van der Waals surface area contributed by atoms with Crippen LogP contribution in [0.1, 0.15) is 5.56 Å². The molecule has 13 heavy (non-hydrogen) atoms. The van der Waals surface area contributed by atoms with Crippen LogP contribution in [0.2, 0.25) is 5.02 Å². The standard InChI is InChI=1S/C9H6BrClO2/c10-9-6(4-5-8(12)13)2-1-3-7(9)11/h1-5H,(H,12,13). The van der Waals surface area contributed by atoms with Crippen LogP contribution in [0.25, 0.3) is 6.08 Å². The molecule has 0 saturated heterocycles. The van der Waals surface area contributed by atoms with Crippen molar-refractivity contribution in [1.82, 2.24) is 0 Å². The van der Waals surface area contributed by atoms with Gasteiger partial charge in [-0.3, -0.25) is 0 Å². The summed E-state index contributed by atoms with van der Waals surface area (Å²) >= 11 is 9.06. The highest BCUT2D eigenvalue weighted by molar-refractivity contribution is 9.10. The molecule has 0 amide bonds. The average molecular weight is 262 g/mol. The van der Waals surface area contributed by atoms with Crippen LogP contribution in [-0.2, 0) is 4.79 Å². The summed E-state index contributed by atoms with van der Waals surface area (Å²) in [7, 11) is 0. The maximum Gasteiger partial charge on any atom is 0.328 e. The zero-order valence-electron chi connectivity index (χ0n) is 6.50. The normalized spacial score (nSPS) is 10.6. The summed E-state index contributed by atoms with van der Waals surface area (Å²) in [6.45, 7) is 0. The van der Waals surface area contributed by atoms with Crippen molar-refractivity contribution in [2.24, 2.45) is 0 Å². The van der Waals surface area contributed by atoms with E-state index in [1.165, 1.54) is 6.08 Å². The van der Waals surface area contributed by atoms with Gasteiger partial charge in [-0.05, 0) is 33.6 Å². The highest BCUT2D eigenvalue weighted by atomic mass is 79.9. The summed E-state index contributed by atoms with van der Waals surface area (Å²) in [5.74, 6) is -0.980. The Balaban J connectivity index is 3.02. The van der Waals surface area contributed by atoms with Crippen molar-refractivity contribution in [1.29, 1.82) is 0 Å². The number of rotatable bonds is 2. The molecular weight excluding hydrogens is 255 g/mol. The van der Waals surface area contributed by atoms with Gasteiger partial charge in [-0.25, -0.2) is 4.79 Å². The van der Waals surface area contributed by atoms with Gasteiger partial charge in [0, 0.05) is 10.5 Å². The molecule has 0 aromatic heterocycles. The predicted octanol–water partition coefficient (Wildman–Crippen LogP) is 3.20. The number of hydrogen-bond donors (Lipinski definition) is 1. The molecule has 0 aliphatic rings. The first kappa shape index (κ1) is 10.3. The highest BCUT2D eigenvalue weighted by Crippen LogP contribution is 2.26. The summed E-state index contributed by atoms with van der Waals surface area (Å²) in [5, 5.41) is 8.96. The lowest BCUT2D eigenvalue weighted by Crippen LogP contribution is -1.86. The SMILES string of the molecule is O=C(O)C=Cc1cccc(Cl)c1Br. The average Bonchev–Trinajstić information content (AvgIpc) is 2.07. The van der Waals surface area contributed by atoms with Crippen molar-refractivity contribution in [3.05, 3.63) is 39.3 Å². The summed E-state index contributed by atoms with van der Waals surface area (Å²) in [4.78, 5) is 10.2. The van der Waals surface area contributed by atoms with Gasteiger partial charge in [0.05, 0.1) is 5.02 Å². The van der Waals surface area contributed by atoms with E-state index in [1.54, 1.807) is 18.2 Å². The number of carbonyl (C=O) groups is 1. The first-order valence-electron chi connectivity index (χ1n) is 3.46. The van der Waals surface area contributed by atoms with E-state index in [-0.39, 0.29) is 0 Å². The number of hydrogen-bond acceptors (Lipinski definition) is 1. The summed E-state index contributed by atoms with van der Waals surface area (Å²) < 4.78 is 0.703. The van der Waals surface area contributed by atoms with E-state index >= 15 is 0 Å². The zero-order chi connectivity index (χ0) is 9.84. The van der Waals surface area contributed by atoms with Crippen molar-refractivity contribution in [2.75, 3.05) is 0 Å². The Labute approximate surface area is 89.0 Å². The molecule has 0 aliphatic heterocycles. The third kappa shape index (κ3) is 2.86. The predicted molar refractivity (Wildman–Crippen MR) is 55.8 cm³/mol. The second kappa shape index (κ2) is 4.44. The maximum atomic E-state index is 10.2. The van der Waals surface area contributed by atoms with E-state index in [2.05, 4.69) is 15.9 Å². The molecule has 0 radical (unpaired) electrons. The van der Waals surface area contributed by atoms with Crippen LogP contribution in [0.5, 0.6) is 0 Å². The van der Waals surface area contributed by atoms with Gasteiger partial charge >= 0.3 is 5.97 Å². The Morgan fingerprint density at radius 1 is 1.54 bits per heavy atom. The van der Waals surface area contributed by atoms with Crippen LogP contribution >= 0.6 is 27.5 Å². The Kier molecular flexibility index (Phi) is 3.51. The minimum absolute atomic E-state index is 0.563. The fourth-order valence-corrected chi connectivity index (χ4v) is 1.39. The lowest BCUT2D eigenvalue weighted by molar-refractivity contribution is -0.131. The van der Waals surface area contributed by atoms with Gasteiger partial charge < -0.3 is 5.11 Å². The van der Waals surface area contributed by atoms with E-state index in [0.29, 0.717) is 9.50 Å². The minimum Gasteiger partial charge on any atom is -0.478 e. The van der Waals surface area contributed by atoms with E-state index in [1.807, 2.05) is 0 Å². The topological polar surface area (TPSA) is 37.3 Å².